The van der Waals surface area contributed by atoms with Crippen molar-refractivity contribution in [2.24, 2.45) is 5.92 Å². The summed E-state index contributed by atoms with van der Waals surface area (Å²) in [4.78, 5) is 37.8. The van der Waals surface area contributed by atoms with Crippen molar-refractivity contribution < 1.29 is 24.2 Å². The minimum atomic E-state index is -1.19. The van der Waals surface area contributed by atoms with E-state index in [0.717, 1.165) is 36.8 Å². The summed E-state index contributed by atoms with van der Waals surface area (Å²) in [6.45, 7) is 0.214. The van der Waals surface area contributed by atoms with Crippen LogP contribution in [-0.4, -0.2) is 41.3 Å². The second kappa shape index (κ2) is 9.72. The first kappa shape index (κ1) is 23.4. The van der Waals surface area contributed by atoms with Crippen molar-refractivity contribution in [2.45, 2.75) is 68.9 Å². The third-order valence-electron chi connectivity index (χ3n) is 7.98. The summed E-state index contributed by atoms with van der Waals surface area (Å²) in [6.07, 6.45) is 5.01. The van der Waals surface area contributed by atoms with Crippen LogP contribution >= 0.6 is 0 Å². The largest absolute Gasteiger partial charge is 0.480 e. The van der Waals surface area contributed by atoms with Crippen LogP contribution in [-0.2, 0) is 14.3 Å². The van der Waals surface area contributed by atoms with E-state index in [1.807, 2.05) is 24.3 Å². The maximum Gasteiger partial charge on any atom is 0.407 e. The molecule has 2 aromatic rings. The highest BCUT2D eigenvalue weighted by Crippen LogP contribution is 2.44. The van der Waals surface area contributed by atoms with Gasteiger partial charge in [0.15, 0.2) is 0 Å². The molecule has 2 aromatic carbocycles. The molecule has 35 heavy (non-hydrogen) atoms. The predicted molar refractivity (Wildman–Crippen MR) is 131 cm³/mol. The lowest BCUT2D eigenvalue weighted by Crippen LogP contribution is -2.58. The number of fused-ring (bicyclic) bond motifs is 3. The number of hydrogen-bond donors (Lipinski definition) is 3. The average Bonchev–Trinajstić information content (AvgIpc) is 3.46. The van der Waals surface area contributed by atoms with Gasteiger partial charge in [0, 0.05) is 12.0 Å². The summed E-state index contributed by atoms with van der Waals surface area (Å²) < 4.78 is 5.66. The van der Waals surface area contributed by atoms with Crippen molar-refractivity contribution in [3.8, 4) is 11.1 Å². The van der Waals surface area contributed by atoms with Gasteiger partial charge in [0.05, 0.1) is 5.92 Å². The smallest absolute Gasteiger partial charge is 0.407 e. The lowest BCUT2D eigenvalue weighted by Gasteiger charge is -2.35. The van der Waals surface area contributed by atoms with E-state index in [-0.39, 0.29) is 24.5 Å². The third kappa shape index (κ3) is 4.51. The van der Waals surface area contributed by atoms with E-state index in [1.54, 1.807) is 0 Å². The zero-order valence-electron chi connectivity index (χ0n) is 19.8. The van der Waals surface area contributed by atoms with Gasteiger partial charge in [0.25, 0.3) is 0 Å². The van der Waals surface area contributed by atoms with Gasteiger partial charge in [-0.1, -0.05) is 74.2 Å². The zero-order valence-corrected chi connectivity index (χ0v) is 19.8. The van der Waals surface area contributed by atoms with Crippen LogP contribution in [0.1, 0.15) is 68.4 Å². The molecule has 7 nitrogen and oxygen atoms in total. The molecular weight excluding hydrogens is 444 g/mol. The molecule has 0 saturated heterocycles. The van der Waals surface area contributed by atoms with Gasteiger partial charge in [-0.25, -0.2) is 9.59 Å². The van der Waals surface area contributed by atoms with Gasteiger partial charge in [-0.3, -0.25) is 4.79 Å². The molecule has 2 amide bonds. The van der Waals surface area contributed by atoms with Crippen LogP contribution in [0.3, 0.4) is 0 Å². The number of aliphatic carboxylic acids is 1. The number of amides is 2. The Morgan fingerprint density at radius 3 is 2.14 bits per heavy atom. The standard InChI is InChI=1S/C28H32N2O5/c31-25(30-28(26(32)33)15-6-1-7-16-28)22-13-8-14-24(22)29-27(34)35-17-23-20-11-4-2-9-18(20)19-10-3-5-12-21(19)23/h2-5,9-12,22-24H,1,6-8,13-17H2,(H,29,34)(H,30,31)(H,32,33). The molecule has 0 aromatic heterocycles. The Balaban J connectivity index is 1.21. The van der Waals surface area contributed by atoms with Crippen molar-refractivity contribution >= 4 is 18.0 Å². The first-order valence-corrected chi connectivity index (χ1v) is 12.7. The van der Waals surface area contributed by atoms with Crippen LogP contribution in [0, 0.1) is 5.92 Å². The van der Waals surface area contributed by atoms with Crippen LogP contribution in [0.15, 0.2) is 48.5 Å². The topological polar surface area (TPSA) is 105 Å². The van der Waals surface area contributed by atoms with Gasteiger partial charge in [0.1, 0.15) is 12.1 Å². The minimum absolute atomic E-state index is 0.0300. The number of carboxylic acid groups (broad SMARTS) is 1. The Bertz CT molecular complexity index is 1080. The van der Waals surface area contributed by atoms with Gasteiger partial charge in [-0.15, -0.1) is 0 Å². The number of alkyl carbamates (subject to hydrolysis) is 1. The fourth-order valence-electron chi connectivity index (χ4n) is 6.11. The van der Waals surface area contributed by atoms with Gasteiger partial charge >= 0.3 is 12.1 Å². The number of hydrogen-bond acceptors (Lipinski definition) is 4. The van der Waals surface area contributed by atoms with E-state index in [9.17, 15) is 19.5 Å². The second-order valence-corrected chi connectivity index (χ2v) is 10.1. The fraction of sp³-hybridized carbons (Fsp3) is 0.464. The lowest BCUT2D eigenvalue weighted by atomic mass is 9.81. The zero-order chi connectivity index (χ0) is 24.4. The quantitative estimate of drug-likeness (QED) is 0.565. The van der Waals surface area contributed by atoms with Crippen molar-refractivity contribution in [2.75, 3.05) is 6.61 Å². The van der Waals surface area contributed by atoms with Crippen molar-refractivity contribution in [3.63, 3.8) is 0 Å². The molecule has 2 fully saturated rings. The number of carbonyl (C=O) groups excluding carboxylic acids is 2. The fourth-order valence-corrected chi connectivity index (χ4v) is 6.11. The molecule has 7 heteroatoms. The van der Waals surface area contributed by atoms with Gasteiger partial charge in [-0.2, -0.15) is 0 Å². The van der Waals surface area contributed by atoms with Crippen LogP contribution < -0.4 is 10.6 Å². The normalized spacial score (nSPS) is 22.6. The molecule has 2 unspecified atom stereocenters. The Kier molecular flexibility index (Phi) is 6.50. The number of benzene rings is 2. The van der Waals surface area contributed by atoms with E-state index in [1.165, 1.54) is 11.1 Å². The lowest BCUT2D eigenvalue weighted by molar-refractivity contribution is -0.150. The summed E-state index contributed by atoms with van der Waals surface area (Å²) in [7, 11) is 0. The first-order chi connectivity index (χ1) is 17.0. The highest BCUT2D eigenvalue weighted by Gasteiger charge is 2.44. The molecule has 184 valence electrons. The summed E-state index contributed by atoms with van der Waals surface area (Å²) in [6, 6.07) is 16.0. The van der Waals surface area contributed by atoms with Crippen molar-refractivity contribution in [1.29, 1.82) is 0 Å². The third-order valence-corrected chi connectivity index (χ3v) is 7.98. The summed E-state index contributed by atoms with van der Waals surface area (Å²) >= 11 is 0. The number of carboxylic acids is 1. The summed E-state index contributed by atoms with van der Waals surface area (Å²) in [5, 5.41) is 15.5. The van der Waals surface area contributed by atoms with Crippen LogP contribution in [0.5, 0.6) is 0 Å². The molecule has 0 spiro atoms. The number of ether oxygens (including phenoxy) is 1. The molecule has 3 N–H and O–H groups in total. The molecule has 2 saturated carbocycles. The molecule has 5 rings (SSSR count). The monoisotopic (exact) mass is 476 g/mol. The summed E-state index contributed by atoms with van der Waals surface area (Å²) in [5.74, 6) is -1.73. The number of nitrogens with one attached hydrogen (secondary N) is 2. The summed E-state index contributed by atoms with van der Waals surface area (Å²) in [5.41, 5.74) is 3.43. The van der Waals surface area contributed by atoms with Crippen LogP contribution in [0.4, 0.5) is 4.79 Å². The Morgan fingerprint density at radius 2 is 1.51 bits per heavy atom. The average molecular weight is 477 g/mol. The van der Waals surface area contributed by atoms with Gasteiger partial charge in [-0.05, 0) is 47.9 Å². The molecule has 2 atom stereocenters. The number of carbonyl (C=O) groups is 3. The molecule has 3 aliphatic carbocycles. The minimum Gasteiger partial charge on any atom is -0.480 e. The Hall–Kier alpha value is -3.35. The highest BCUT2D eigenvalue weighted by molar-refractivity contribution is 5.89. The highest BCUT2D eigenvalue weighted by atomic mass is 16.5. The SMILES string of the molecule is O=C(NC1CCCC1C(=O)NC1(C(=O)O)CCCCC1)OCC1c2ccccc2-c2ccccc21. The van der Waals surface area contributed by atoms with E-state index < -0.39 is 23.5 Å². The van der Waals surface area contributed by atoms with Crippen LogP contribution in [0.25, 0.3) is 11.1 Å². The predicted octanol–water partition coefficient (Wildman–Crippen LogP) is 4.60. The Morgan fingerprint density at radius 1 is 0.886 bits per heavy atom. The van der Waals surface area contributed by atoms with Crippen molar-refractivity contribution in [3.05, 3.63) is 59.7 Å². The van der Waals surface area contributed by atoms with E-state index >= 15 is 0 Å². The van der Waals surface area contributed by atoms with Gasteiger partial charge < -0.3 is 20.5 Å². The molecule has 0 heterocycles. The Labute approximate surface area is 205 Å². The van der Waals surface area contributed by atoms with Gasteiger partial charge in [0.2, 0.25) is 5.91 Å². The first-order valence-electron chi connectivity index (χ1n) is 12.7. The molecule has 0 radical (unpaired) electrons. The molecule has 0 aliphatic heterocycles. The molecular formula is C28H32N2O5. The molecule has 0 bridgehead atoms. The van der Waals surface area contributed by atoms with Crippen molar-refractivity contribution in [1.82, 2.24) is 10.6 Å². The second-order valence-electron chi connectivity index (χ2n) is 10.1. The maximum atomic E-state index is 13.1. The van der Waals surface area contributed by atoms with Crippen LogP contribution in [0.2, 0.25) is 0 Å². The van der Waals surface area contributed by atoms with E-state index in [4.69, 9.17) is 4.74 Å². The molecule has 3 aliphatic rings. The number of rotatable bonds is 6. The maximum absolute atomic E-state index is 13.1. The van der Waals surface area contributed by atoms with E-state index in [2.05, 4.69) is 34.9 Å². The van der Waals surface area contributed by atoms with E-state index in [0.29, 0.717) is 25.7 Å².